The van der Waals surface area contributed by atoms with Crippen LogP contribution in [-0.2, 0) is 0 Å². The lowest BCUT2D eigenvalue weighted by Gasteiger charge is -2.12. The van der Waals surface area contributed by atoms with E-state index >= 15 is 0 Å². The summed E-state index contributed by atoms with van der Waals surface area (Å²) in [7, 11) is 0. The Morgan fingerprint density at radius 2 is 2.19 bits per heavy atom. The molecule has 0 amide bonds. The number of aryl methyl sites for hydroxylation is 1. The van der Waals surface area contributed by atoms with E-state index in [2.05, 4.69) is 15.3 Å². The van der Waals surface area contributed by atoms with Gasteiger partial charge in [-0.25, -0.2) is 4.98 Å². The Hall–Kier alpha value is -0.910. The molecule has 0 aromatic carbocycles. The fraction of sp³-hybridized carbons (Fsp3) is 0.273. The number of hydrogen-bond donors (Lipinski definition) is 1. The monoisotopic (exact) mass is 251 g/mol. The summed E-state index contributed by atoms with van der Waals surface area (Å²) in [6.45, 7) is 2.61. The third-order valence-corrected chi connectivity index (χ3v) is 4.50. The number of aromatic nitrogens is 2. The van der Waals surface area contributed by atoms with Gasteiger partial charge in [-0.3, -0.25) is 4.98 Å². The number of nitrogens with zero attached hydrogens (tertiary/aromatic N) is 2. The Labute approximate surface area is 103 Å². The Bertz CT molecular complexity index is 442. The molecule has 84 valence electrons. The van der Waals surface area contributed by atoms with Gasteiger partial charge >= 0.3 is 0 Å². The molecular formula is C11H13N3S2. The average molecular weight is 251 g/mol. The molecular weight excluding hydrogens is 238 g/mol. The van der Waals surface area contributed by atoms with E-state index in [-0.39, 0.29) is 5.25 Å². The Morgan fingerprint density at radius 1 is 1.44 bits per heavy atom. The molecule has 2 aromatic heterocycles. The summed E-state index contributed by atoms with van der Waals surface area (Å²) >= 11 is 3.39. The minimum absolute atomic E-state index is 0.258. The molecule has 0 bridgehead atoms. The second-order valence-corrected chi connectivity index (χ2v) is 5.69. The lowest BCUT2D eigenvalue weighted by atomic mass is 10.2. The Morgan fingerprint density at radius 3 is 2.75 bits per heavy atom. The molecule has 3 nitrogen and oxygen atoms in total. The van der Waals surface area contributed by atoms with Crippen molar-refractivity contribution < 1.29 is 0 Å². The minimum atomic E-state index is 0.258. The summed E-state index contributed by atoms with van der Waals surface area (Å²) in [5, 5.41) is 2.32. The van der Waals surface area contributed by atoms with E-state index in [9.17, 15) is 0 Å². The summed E-state index contributed by atoms with van der Waals surface area (Å²) in [5.41, 5.74) is 8.07. The van der Waals surface area contributed by atoms with Gasteiger partial charge in [-0.15, -0.1) is 11.3 Å². The molecule has 0 aliphatic carbocycles. The number of hydrogen-bond acceptors (Lipinski definition) is 5. The number of thiazole rings is 1. The largest absolute Gasteiger partial charge is 0.329 e. The van der Waals surface area contributed by atoms with Crippen molar-refractivity contribution in [2.24, 2.45) is 5.73 Å². The minimum Gasteiger partial charge on any atom is -0.329 e. The van der Waals surface area contributed by atoms with E-state index in [0.717, 1.165) is 10.0 Å². The molecule has 0 saturated heterocycles. The number of nitrogens with two attached hydrogens (primary N) is 1. The second-order valence-electron chi connectivity index (χ2n) is 3.38. The highest BCUT2D eigenvalue weighted by Gasteiger charge is 2.13. The van der Waals surface area contributed by atoms with Crippen molar-refractivity contribution >= 4 is 23.1 Å². The fourth-order valence-electron chi connectivity index (χ4n) is 1.34. The molecule has 2 rings (SSSR count). The van der Waals surface area contributed by atoms with Crippen molar-refractivity contribution in [2.45, 2.75) is 16.5 Å². The van der Waals surface area contributed by atoms with Crippen molar-refractivity contribution in [1.82, 2.24) is 9.97 Å². The molecule has 0 aliphatic heterocycles. The number of thioether (sulfide) groups is 1. The third kappa shape index (κ3) is 2.81. The van der Waals surface area contributed by atoms with E-state index < -0.39 is 0 Å². The van der Waals surface area contributed by atoms with E-state index in [0.29, 0.717) is 6.54 Å². The topological polar surface area (TPSA) is 51.8 Å². The van der Waals surface area contributed by atoms with Gasteiger partial charge in [-0.1, -0.05) is 11.8 Å². The molecule has 1 unspecified atom stereocenters. The van der Waals surface area contributed by atoms with Crippen LogP contribution < -0.4 is 5.73 Å². The number of pyridine rings is 1. The highest BCUT2D eigenvalue weighted by atomic mass is 32.2. The highest BCUT2D eigenvalue weighted by Crippen LogP contribution is 2.35. The molecule has 2 heterocycles. The van der Waals surface area contributed by atoms with Crippen LogP contribution in [0.5, 0.6) is 0 Å². The normalized spacial score (nSPS) is 12.6. The van der Waals surface area contributed by atoms with Crippen LogP contribution in [0.4, 0.5) is 0 Å². The summed E-state index contributed by atoms with van der Waals surface area (Å²) in [6.07, 6.45) is 3.59. The first-order valence-electron chi connectivity index (χ1n) is 4.98. The third-order valence-electron chi connectivity index (χ3n) is 2.13. The molecule has 2 aromatic rings. The van der Waals surface area contributed by atoms with Gasteiger partial charge in [0.15, 0.2) is 4.34 Å². The van der Waals surface area contributed by atoms with Crippen LogP contribution in [0, 0.1) is 6.92 Å². The molecule has 0 saturated carbocycles. The average Bonchev–Trinajstić information content (AvgIpc) is 2.73. The van der Waals surface area contributed by atoms with Gasteiger partial charge < -0.3 is 5.73 Å². The van der Waals surface area contributed by atoms with Gasteiger partial charge in [0, 0.05) is 35.3 Å². The van der Waals surface area contributed by atoms with Gasteiger partial charge in [0.05, 0.1) is 0 Å². The van der Waals surface area contributed by atoms with Crippen LogP contribution in [0.15, 0.2) is 34.2 Å². The fourth-order valence-corrected chi connectivity index (χ4v) is 3.40. The van der Waals surface area contributed by atoms with E-state index in [1.54, 1.807) is 35.5 Å². The van der Waals surface area contributed by atoms with Crippen molar-refractivity contribution in [3.05, 3.63) is 41.2 Å². The van der Waals surface area contributed by atoms with Gasteiger partial charge in [0.2, 0.25) is 0 Å². The number of rotatable bonds is 4. The predicted molar refractivity (Wildman–Crippen MR) is 68.7 cm³/mol. The van der Waals surface area contributed by atoms with Crippen molar-refractivity contribution in [1.29, 1.82) is 0 Å². The lowest BCUT2D eigenvalue weighted by Crippen LogP contribution is -2.09. The molecule has 0 radical (unpaired) electrons. The maximum absolute atomic E-state index is 5.80. The summed E-state index contributed by atoms with van der Waals surface area (Å²) in [6, 6.07) is 4.01. The zero-order chi connectivity index (χ0) is 11.4. The van der Waals surface area contributed by atoms with Gasteiger partial charge in [-0.2, -0.15) is 0 Å². The van der Waals surface area contributed by atoms with Crippen LogP contribution in [0.1, 0.15) is 16.5 Å². The van der Waals surface area contributed by atoms with Crippen molar-refractivity contribution in [3.8, 4) is 0 Å². The Kier molecular flexibility index (Phi) is 3.93. The van der Waals surface area contributed by atoms with E-state index in [1.807, 2.05) is 19.1 Å². The van der Waals surface area contributed by atoms with Gasteiger partial charge in [0.1, 0.15) is 0 Å². The molecule has 1 atom stereocenters. The van der Waals surface area contributed by atoms with Crippen molar-refractivity contribution in [3.63, 3.8) is 0 Å². The molecule has 0 fully saturated rings. The molecule has 0 aliphatic rings. The first-order chi connectivity index (χ1) is 7.79. The highest BCUT2D eigenvalue weighted by molar-refractivity contribution is 8.01. The van der Waals surface area contributed by atoms with Crippen LogP contribution >= 0.6 is 23.1 Å². The summed E-state index contributed by atoms with van der Waals surface area (Å²) in [5.74, 6) is 0. The summed E-state index contributed by atoms with van der Waals surface area (Å²) < 4.78 is 1.07. The van der Waals surface area contributed by atoms with E-state index in [1.165, 1.54) is 5.56 Å². The second kappa shape index (κ2) is 5.43. The van der Waals surface area contributed by atoms with E-state index in [4.69, 9.17) is 5.73 Å². The smallest absolute Gasteiger partial charge is 0.150 e. The predicted octanol–water partition coefficient (Wildman–Crippen LogP) is 2.64. The maximum Gasteiger partial charge on any atom is 0.150 e. The zero-order valence-corrected chi connectivity index (χ0v) is 10.6. The van der Waals surface area contributed by atoms with Crippen LogP contribution in [0.25, 0.3) is 0 Å². The maximum atomic E-state index is 5.80. The van der Waals surface area contributed by atoms with Crippen molar-refractivity contribution in [2.75, 3.05) is 6.54 Å². The molecule has 2 N–H and O–H groups in total. The molecule has 0 spiro atoms. The SMILES string of the molecule is Cc1csc(SC(CN)c2ccncc2)n1. The molecule has 16 heavy (non-hydrogen) atoms. The van der Waals surface area contributed by atoms with Crippen LogP contribution in [0.3, 0.4) is 0 Å². The van der Waals surface area contributed by atoms with Gasteiger partial charge in [0.25, 0.3) is 0 Å². The van der Waals surface area contributed by atoms with Gasteiger partial charge in [-0.05, 0) is 24.6 Å². The Balaban J connectivity index is 2.12. The quantitative estimate of drug-likeness (QED) is 0.849. The first-order valence-corrected chi connectivity index (χ1v) is 6.74. The first kappa shape index (κ1) is 11.6. The van der Waals surface area contributed by atoms with Crippen LogP contribution in [0.2, 0.25) is 0 Å². The summed E-state index contributed by atoms with van der Waals surface area (Å²) in [4.78, 5) is 8.44. The molecule has 5 heteroatoms. The van der Waals surface area contributed by atoms with Crippen LogP contribution in [-0.4, -0.2) is 16.5 Å². The standard InChI is InChI=1S/C11H13N3S2/c1-8-7-15-11(14-8)16-10(6-12)9-2-4-13-5-3-9/h2-5,7,10H,6,12H2,1H3. The lowest BCUT2D eigenvalue weighted by molar-refractivity contribution is 0.934. The zero-order valence-electron chi connectivity index (χ0n) is 8.96.